The van der Waals surface area contributed by atoms with Gasteiger partial charge in [0.15, 0.2) is 0 Å². The van der Waals surface area contributed by atoms with E-state index in [0.717, 1.165) is 23.7 Å². The SMILES string of the molecule is CC(C)CC(C)C(C)CCC1CCCCC1. The fraction of sp³-hybridized carbons (Fsp3) is 1.00. The summed E-state index contributed by atoms with van der Waals surface area (Å²) in [6.07, 6.45) is 11.9. The molecule has 0 aromatic carbocycles. The van der Waals surface area contributed by atoms with Crippen molar-refractivity contribution in [2.75, 3.05) is 0 Å². The first-order valence-corrected chi connectivity index (χ1v) is 7.59. The molecule has 1 aliphatic carbocycles. The minimum Gasteiger partial charge on any atom is -0.0628 e. The number of rotatable bonds is 6. The smallest absolute Gasteiger partial charge is 0.0414 e. The van der Waals surface area contributed by atoms with Gasteiger partial charge in [-0.3, -0.25) is 0 Å². The van der Waals surface area contributed by atoms with Crippen LogP contribution in [0.15, 0.2) is 0 Å². The van der Waals surface area contributed by atoms with Crippen LogP contribution in [-0.4, -0.2) is 0 Å². The first-order chi connectivity index (χ1) is 7.59. The minimum atomic E-state index is 0.868. The lowest BCUT2D eigenvalue weighted by Crippen LogP contribution is -2.13. The largest absolute Gasteiger partial charge is 0.0628 e. The van der Waals surface area contributed by atoms with Crippen molar-refractivity contribution in [3.63, 3.8) is 0 Å². The van der Waals surface area contributed by atoms with Crippen LogP contribution in [0.2, 0.25) is 0 Å². The fourth-order valence-corrected chi connectivity index (χ4v) is 3.23. The summed E-state index contributed by atoms with van der Waals surface area (Å²) in [4.78, 5) is 0. The van der Waals surface area contributed by atoms with Gasteiger partial charge in [-0.1, -0.05) is 72.6 Å². The first-order valence-electron chi connectivity index (χ1n) is 7.59. The van der Waals surface area contributed by atoms with Gasteiger partial charge in [0.2, 0.25) is 0 Å². The Balaban J connectivity index is 2.15. The summed E-state index contributed by atoms with van der Waals surface area (Å²) in [7, 11) is 0. The molecule has 16 heavy (non-hydrogen) atoms. The fourth-order valence-electron chi connectivity index (χ4n) is 3.23. The molecule has 0 saturated heterocycles. The van der Waals surface area contributed by atoms with Crippen LogP contribution < -0.4 is 0 Å². The Hall–Kier alpha value is 0. The van der Waals surface area contributed by atoms with Crippen LogP contribution in [0, 0.1) is 23.7 Å². The number of hydrogen-bond acceptors (Lipinski definition) is 0. The third-order valence-electron chi connectivity index (χ3n) is 4.57. The molecule has 0 radical (unpaired) electrons. The van der Waals surface area contributed by atoms with E-state index in [4.69, 9.17) is 0 Å². The quantitative estimate of drug-likeness (QED) is 0.545. The number of hydrogen-bond donors (Lipinski definition) is 0. The van der Waals surface area contributed by atoms with Gasteiger partial charge in [0.25, 0.3) is 0 Å². The molecule has 96 valence electrons. The van der Waals surface area contributed by atoms with E-state index in [1.165, 1.54) is 51.4 Å². The molecule has 0 N–H and O–H groups in total. The highest BCUT2D eigenvalue weighted by Crippen LogP contribution is 2.31. The van der Waals surface area contributed by atoms with Crippen LogP contribution in [0.1, 0.15) is 79.1 Å². The molecule has 0 aromatic rings. The molecule has 1 aliphatic rings. The first kappa shape index (κ1) is 14.1. The van der Waals surface area contributed by atoms with E-state index in [0.29, 0.717) is 0 Å². The average Bonchev–Trinajstić information content (AvgIpc) is 2.26. The Labute approximate surface area is 103 Å². The third kappa shape index (κ3) is 5.37. The van der Waals surface area contributed by atoms with Crippen molar-refractivity contribution in [2.24, 2.45) is 23.7 Å². The summed E-state index contributed by atoms with van der Waals surface area (Å²) < 4.78 is 0. The van der Waals surface area contributed by atoms with Gasteiger partial charge in [0, 0.05) is 0 Å². The Bertz CT molecular complexity index is 165. The predicted molar refractivity (Wildman–Crippen MR) is 73.6 cm³/mol. The zero-order valence-corrected chi connectivity index (χ0v) is 12.0. The lowest BCUT2D eigenvalue weighted by atomic mass is 9.80. The Morgan fingerprint density at radius 2 is 1.50 bits per heavy atom. The van der Waals surface area contributed by atoms with Crippen LogP contribution in [0.25, 0.3) is 0 Å². The highest BCUT2D eigenvalue weighted by molar-refractivity contribution is 4.70. The second kappa shape index (κ2) is 7.35. The normalized spacial score (nSPS) is 22.3. The van der Waals surface area contributed by atoms with Crippen molar-refractivity contribution in [3.8, 4) is 0 Å². The molecule has 0 bridgehead atoms. The Kier molecular flexibility index (Phi) is 6.46. The van der Waals surface area contributed by atoms with Gasteiger partial charge in [0.1, 0.15) is 0 Å². The molecule has 1 fully saturated rings. The van der Waals surface area contributed by atoms with Crippen LogP contribution in [0.4, 0.5) is 0 Å². The summed E-state index contributed by atoms with van der Waals surface area (Å²) in [5.41, 5.74) is 0. The highest BCUT2D eigenvalue weighted by Gasteiger charge is 2.17. The molecular weight excluding hydrogens is 192 g/mol. The topological polar surface area (TPSA) is 0 Å². The summed E-state index contributed by atoms with van der Waals surface area (Å²) in [5.74, 6) is 3.79. The zero-order valence-electron chi connectivity index (χ0n) is 12.0. The Morgan fingerprint density at radius 1 is 0.875 bits per heavy atom. The van der Waals surface area contributed by atoms with Crippen LogP contribution in [-0.2, 0) is 0 Å². The van der Waals surface area contributed by atoms with E-state index in [2.05, 4.69) is 27.7 Å². The highest BCUT2D eigenvalue weighted by atomic mass is 14.2. The maximum atomic E-state index is 2.47. The Morgan fingerprint density at radius 3 is 2.06 bits per heavy atom. The summed E-state index contributed by atoms with van der Waals surface area (Å²) in [6, 6.07) is 0. The molecule has 0 spiro atoms. The molecule has 0 aromatic heterocycles. The van der Waals surface area contributed by atoms with Crippen molar-refractivity contribution in [2.45, 2.75) is 79.1 Å². The molecule has 2 atom stereocenters. The maximum absolute atomic E-state index is 2.47. The van der Waals surface area contributed by atoms with Crippen molar-refractivity contribution < 1.29 is 0 Å². The second-order valence-electron chi connectivity index (χ2n) is 6.67. The van der Waals surface area contributed by atoms with E-state index in [9.17, 15) is 0 Å². The van der Waals surface area contributed by atoms with Crippen molar-refractivity contribution >= 4 is 0 Å². The molecule has 0 amide bonds. The lowest BCUT2D eigenvalue weighted by molar-refractivity contribution is 0.261. The van der Waals surface area contributed by atoms with Crippen LogP contribution in [0.5, 0.6) is 0 Å². The molecule has 1 saturated carbocycles. The van der Waals surface area contributed by atoms with Crippen molar-refractivity contribution in [3.05, 3.63) is 0 Å². The average molecular weight is 224 g/mol. The van der Waals surface area contributed by atoms with Gasteiger partial charge < -0.3 is 0 Å². The second-order valence-corrected chi connectivity index (χ2v) is 6.67. The molecule has 2 unspecified atom stereocenters. The summed E-state index contributed by atoms with van der Waals surface area (Å²) in [5, 5.41) is 0. The molecule has 0 aliphatic heterocycles. The molecule has 1 rings (SSSR count). The van der Waals surface area contributed by atoms with E-state index in [-0.39, 0.29) is 0 Å². The maximum Gasteiger partial charge on any atom is -0.0414 e. The van der Waals surface area contributed by atoms with E-state index < -0.39 is 0 Å². The third-order valence-corrected chi connectivity index (χ3v) is 4.57. The standard InChI is InChI=1S/C16H32/c1-13(2)12-15(4)14(3)10-11-16-8-6-5-7-9-16/h13-16H,5-12H2,1-4H3. The van der Waals surface area contributed by atoms with Gasteiger partial charge in [-0.25, -0.2) is 0 Å². The van der Waals surface area contributed by atoms with Crippen LogP contribution in [0.3, 0.4) is 0 Å². The van der Waals surface area contributed by atoms with E-state index in [1.54, 1.807) is 0 Å². The lowest BCUT2D eigenvalue weighted by Gasteiger charge is -2.26. The molecule has 0 heteroatoms. The van der Waals surface area contributed by atoms with Crippen LogP contribution >= 0.6 is 0 Å². The molecule has 0 nitrogen and oxygen atoms in total. The van der Waals surface area contributed by atoms with Gasteiger partial charge >= 0.3 is 0 Å². The van der Waals surface area contributed by atoms with E-state index in [1.807, 2.05) is 0 Å². The van der Waals surface area contributed by atoms with Gasteiger partial charge in [0.05, 0.1) is 0 Å². The molecular formula is C16H32. The monoisotopic (exact) mass is 224 g/mol. The summed E-state index contributed by atoms with van der Waals surface area (Å²) in [6.45, 7) is 9.62. The van der Waals surface area contributed by atoms with Crippen molar-refractivity contribution in [1.29, 1.82) is 0 Å². The summed E-state index contributed by atoms with van der Waals surface area (Å²) >= 11 is 0. The zero-order chi connectivity index (χ0) is 12.0. The van der Waals surface area contributed by atoms with E-state index >= 15 is 0 Å². The predicted octanol–water partition coefficient (Wildman–Crippen LogP) is 5.67. The molecule has 0 heterocycles. The minimum absolute atomic E-state index is 0.868. The van der Waals surface area contributed by atoms with Gasteiger partial charge in [-0.2, -0.15) is 0 Å². The van der Waals surface area contributed by atoms with Gasteiger partial charge in [-0.15, -0.1) is 0 Å². The van der Waals surface area contributed by atoms with Gasteiger partial charge in [-0.05, 0) is 30.1 Å². The van der Waals surface area contributed by atoms with Crippen molar-refractivity contribution in [1.82, 2.24) is 0 Å².